The maximum atomic E-state index is 12.7. The van der Waals surface area contributed by atoms with Crippen LogP contribution in [0.5, 0.6) is 0 Å². The van der Waals surface area contributed by atoms with Crippen LogP contribution < -0.4 is 9.60 Å². The lowest BCUT2D eigenvalue weighted by atomic mass is 10.1. The van der Waals surface area contributed by atoms with Crippen molar-refractivity contribution in [3.63, 3.8) is 0 Å². The van der Waals surface area contributed by atoms with E-state index in [9.17, 15) is 18.0 Å². The van der Waals surface area contributed by atoms with E-state index in [-0.39, 0.29) is 21.0 Å². The summed E-state index contributed by atoms with van der Waals surface area (Å²) in [4.78, 5) is 23.4. The largest absolute Gasteiger partial charge is 0.465 e. The smallest absolute Gasteiger partial charge is 0.338 e. The van der Waals surface area contributed by atoms with Crippen molar-refractivity contribution in [2.24, 2.45) is 7.05 Å². The molecular weight excluding hydrogens is 376 g/mol. The van der Waals surface area contributed by atoms with Gasteiger partial charge in [-0.1, -0.05) is 17.4 Å². The van der Waals surface area contributed by atoms with Crippen molar-refractivity contribution in [3.8, 4) is 0 Å². The zero-order chi connectivity index (χ0) is 19.1. The van der Waals surface area contributed by atoms with Crippen LogP contribution in [-0.2, 0) is 21.8 Å². The van der Waals surface area contributed by atoms with Gasteiger partial charge in [0.25, 0.3) is 10.0 Å². The first-order valence-electron chi connectivity index (χ1n) is 7.55. The number of ether oxygens (including phenoxy) is 1. The summed E-state index contributed by atoms with van der Waals surface area (Å²) >= 11 is 0.982. The number of thiazole rings is 1. The summed E-state index contributed by atoms with van der Waals surface area (Å²) in [6, 6.07) is 9.20. The van der Waals surface area contributed by atoms with E-state index in [2.05, 4.69) is 4.72 Å². The molecule has 0 aliphatic rings. The van der Waals surface area contributed by atoms with E-state index in [1.807, 2.05) is 0 Å². The van der Waals surface area contributed by atoms with Crippen molar-refractivity contribution in [1.82, 2.24) is 4.57 Å². The van der Waals surface area contributed by atoms with Gasteiger partial charge >= 0.3 is 10.8 Å². The summed E-state index contributed by atoms with van der Waals surface area (Å²) < 4.78 is 34.7. The standard InChI is InChI=1S/C17H16N2O5S2/c1-10-12(16(20)24-3)5-4-6-13(10)18-26(22,23)11-7-8-14-15(9-11)25-17(21)19(14)2/h4-9,18H,1-3H3. The lowest BCUT2D eigenvalue weighted by Crippen LogP contribution is -2.15. The Balaban J connectivity index is 2.02. The second-order valence-electron chi connectivity index (χ2n) is 5.63. The number of carbonyl (C=O) groups excluding carboxylic acids is 1. The molecule has 0 aliphatic carbocycles. The molecule has 0 aliphatic heterocycles. The highest BCUT2D eigenvalue weighted by Gasteiger charge is 2.19. The van der Waals surface area contributed by atoms with Gasteiger partial charge in [-0.3, -0.25) is 9.52 Å². The quantitative estimate of drug-likeness (QED) is 0.689. The van der Waals surface area contributed by atoms with Crippen LogP contribution in [0.3, 0.4) is 0 Å². The SMILES string of the molecule is COC(=O)c1cccc(NS(=O)(=O)c2ccc3c(c2)sc(=O)n3C)c1C. The monoisotopic (exact) mass is 392 g/mol. The Morgan fingerprint density at radius 3 is 2.65 bits per heavy atom. The first-order valence-corrected chi connectivity index (χ1v) is 9.85. The molecule has 0 unspecified atom stereocenters. The van der Waals surface area contributed by atoms with Gasteiger partial charge in [-0.05, 0) is 42.8 Å². The van der Waals surface area contributed by atoms with E-state index in [0.29, 0.717) is 15.8 Å². The topological polar surface area (TPSA) is 94.5 Å². The minimum Gasteiger partial charge on any atom is -0.465 e. The molecule has 3 aromatic rings. The number of aryl methyl sites for hydroxylation is 1. The van der Waals surface area contributed by atoms with E-state index >= 15 is 0 Å². The summed E-state index contributed by atoms with van der Waals surface area (Å²) in [5.74, 6) is -0.543. The van der Waals surface area contributed by atoms with Crippen LogP contribution in [-0.4, -0.2) is 26.1 Å². The molecule has 136 valence electrons. The molecule has 0 atom stereocenters. The molecule has 0 radical (unpaired) electrons. The highest BCUT2D eigenvalue weighted by atomic mass is 32.2. The second-order valence-corrected chi connectivity index (χ2v) is 8.31. The zero-order valence-corrected chi connectivity index (χ0v) is 15.9. The summed E-state index contributed by atoms with van der Waals surface area (Å²) in [7, 11) is -0.990. The molecule has 9 heteroatoms. The summed E-state index contributed by atoms with van der Waals surface area (Å²) in [6.07, 6.45) is 0. The fraction of sp³-hybridized carbons (Fsp3) is 0.176. The number of aromatic nitrogens is 1. The fourth-order valence-electron chi connectivity index (χ4n) is 2.56. The van der Waals surface area contributed by atoms with E-state index in [1.165, 1.54) is 23.8 Å². The number of hydrogen-bond donors (Lipinski definition) is 1. The van der Waals surface area contributed by atoms with Gasteiger partial charge in [0.05, 0.1) is 33.5 Å². The second kappa shape index (κ2) is 6.58. The molecule has 0 spiro atoms. The van der Waals surface area contributed by atoms with Gasteiger partial charge in [0.15, 0.2) is 0 Å². The number of fused-ring (bicyclic) bond motifs is 1. The highest BCUT2D eigenvalue weighted by Crippen LogP contribution is 2.25. The van der Waals surface area contributed by atoms with E-state index in [4.69, 9.17) is 4.74 Å². The van der Waals surface area contributed by atoms with Gasteiger partial charge in [-0.2, -0.15) is 0 Å². The van der Waals surface area contributed by atoms with Crippen LogP contribution in [0.1, 0.15) is 15.9 Å². The number of nitrogens with one attached hydrogen (secondary N) is 1. The number of hydrogen-bond acceptors (Lipinski definition) is 6. The van der Waals surface area contributed by atoms with Crippen LogP contribution in [0.15, 0.2) is 46.1 Å². The molecule has 1 aromatic heterocycles. The number of anilines is 1. The molecule has 0 amide bonds. The van der Waals surface area contributed by atoms with Crippen molar-refractivity contribution >= 4 is 43.2 Å². The van der Waals surface area contributed by atoms with Crippen LogP contribution in [0.25, 0.3) is 10.2 Å². The van der Waals surface area contributed by atoms with Gasteiger partial charge in [-0.15, -0.1) is 0 Å². The van der Waals surface area contributed by atoms with Gasteiger partial charge in [0.2, 0.25) is 0 Å². The van der Waals surface area contributed by atoms with Crippen molar-refractivity contribution < 1.29 is 17.9 Å². The predicted octanol–water partition coefficient (Wildman–Crippen LogP) is 2.50. The molecule has 0 saturated heterocycles. The van der Waals surface area contributed by atoms with E-state index in [0.717, 1.165) is 11.3 Å². The van der Waals surface area contributed by atoms with Crippen molar-refractivity contribution in [3.05, 3.63) is 57.2 Å². The predicted molar refractivity (Wildman–Crippen MR) is 100 cm³/mol. The number of esters is 1. The molecule has 1 heterocycles. The molecule has 26 heavy (non-hydrogen) atoms. The minimum absolute atomic E-state index is 0.0368. The number of benzene rings is 2. The summed E-state index contributed by atoms with van der Waals surface area (Å²) in [5.41, 5.74) is 1.70. The molecule has 0 saturated carbocycles. The van der Waals surface area contributed by atoms with Gasteiger partial charge < -0.3 is 9.30 Å². The number of nitrogens with zero attached hydrogens (tertiary/aromatic N) is 1. The van der Waals surface area contributed by atoms with Crippen molar-refractivity contribution in [2.75, 3.05) is 11.8 Å². The molecular formula is C17H16N2O5S2. The average Bonchev–Trinajstić information content (AvgIpc) is 2.90. The van der Waals surface area contributed by atoms with Crippen LogP contribution >= 0.6 is 11.3 Å². The van der Waals surface area contributed by atoms with E-state index in [1.54, 1.807) is 38.2 Å². The third-order valence-electron chi connectivity index (χ3n) is 4.06. The molecule has 7 nitrogen and oxygen atoms in total. The van der Waals surface area contributed by atoms with Crippen LogP contribution in [0, 0.1) is 6.92 Å². The first kappa shape index (κ1) is 18.2. The maximum absolute atomic E-state index is 12.7. The molecule has 0 fully saturated rings. The van der Waals surface area contributed by atoms with E-state index < -0.39 is 16.0 Å². The molecule has 2 aromatic carbocycles. The molecule has 1 N–H and O–H groups in total. The van der Waals surface area contributed by atoms with Gasteiger partial charge in [-0.25, -0.2) is 13.2 Å². The Morgan fingerprint density at radius 2 is 1.96 bits per heavy atom. The van der Waals surface area contributed by atoms with Crippen LogP contribution in [0.2, 0.25) is 0 Å². The number of methoxy groups -OCH3 is 1. The Kier molecular flexibility index (Phi) is 4.59. The van der Waals surface area contributed by atoms with Crippen molar-refractivity contribution in [1.29, 1.82) is 0 Å². The molecule has 3 rings (SSSR count). The minimum atomic E-state index is -3.89. The zero-order valence-electron chi connectivity index (χ0n) is 14.3. The normalized spacial score (nSPS) is 11.5. The molecule has 0 bridgehead atoms. The van der Waals surface area contributed by atoms with Crippen molar-refractivity contribution in [2.45, 2.75) is 11.8 Å². The van der Waals surface area contributed by atoms with Crippen LogP contribution in [0.4, 0.5) is 5.69 Å². The Labute approximate surface area is 153 Å². The summed E-state index contributed by atoms with van der Waals surface area (Å²) in [5, 5.41) is 0. The third-order valence-corrected chi connectivity index (χ3v) is 6.42. The maximum Gasteiger partial charge on any atom is 0.338 e. The van der Waals surface area contributed by atoms with Gasteiger partial charge in [0.1, 0.15) is 0 Å². The Hall–Kier alpha value is -2.65. The number of carbonyl (C=O) groups is 1. The Morgan fingerprint density at radius 1 is 1.23 bits per heavy atom. The average molecular weight is 392 g/mol. The first-order chi connectivity index (χ1) is 12.2. The Bertz CT molecular complexity index is 1180. The summed E-state index contributed by atoms with van der Waals surface area (Å²) in [6.45, 7) is 1.64. The fourth-order valence-corrected chi connectivity index (χ4v) is 4.70. The third kappa shape index (κ3) is 3.11. The number of sulfonamides is 1. The number of rotatable bonds is 4. The van der Waals surface area contributed by atoms with Gasteiger partial charge in [0, 0.05) is 7.05 Å². The lowest BCUT2D eigenvalue weighted by Gasteiger charge is -2.13. The highest BCUT2D eigenvalue weighted by molar-refractivity contribution is 7.92. The lowest BCUT2D eigenvalue weighted by molar-refractivity contribution is 0.0600.